The Labute approximate surface area is 118 Å². The summed E-state index contributed by atoms with van der Waals surface area (Å²) in [7, 11) is 0. The van der Waals surface area contributed by atoms with Gasteiger partial charge in [-0.1, -0.05) is 43.7 Å². The van der Waals surface area contributed by atoms with Crippen molar-refractivity contribution in [3.8, 4) is 0 Å². The second kappa shape index (κ2) is 5.17. The minimum Gasteiger partial charge on any atom is -0.344 e. The summed E-state index contributed by atoms with van der Waals surface area (Å²) in [5.74, 6) is 0.683. The van der Waals surface area contributed by atoms with E-state index in [1.807, 2.05) is 6.07 Å². The van der Waals surface area contributed by atoms with Crippen LogP contribution in [0.1, 0.15) is 41.8 Å². The lowest BCUT2D eigenvalue weighted by molar-refractivity contribution is 0.305. The summed E-state index contributed by atoms with van der Waals surface area (Å²) in [6.45, 7) is 3.09. The fraction of sp³-hybridized carbons (Fsp3) is 0.312. The van der Waals surface area contributed by atoms with Crippen molar-refractivity contribution >= 4 is 17.2 Å². The minimum absolute atomic E-state index is 0.352. The van der Waals surface area contributed by atoms with Crippen LogP contribution in [0, 0.1) is 5.41 Å². The summed E-state index contributed by atoms with van der Waals surface area (Å²) in [4.78, 5) is 3.62. The van der Waals surface area contributed by atoms with Crippen molar-refractivity contribution in [1.82, 2.24) is 4.90 Å². The second-order valence-corrected chi connectivity index (χ2v) is 5.93. The Balaban J connectivity index is 1.92. The smallest absolute Gasteiger partial charge is 0.129 e. The number of amidine groups is 1. The van der Waals surface area contributed by atoms with Gasteiger partial charge < -0.3 is 4.90 Å². The molecule has 1 aliphatic heterocycles. The SMILES string of the molecule is CCCC(c1cccs1)N1Cc2ccccc2C1=N. The highest BCUT2D eigenvalue weighted by molar-refractivity contribution is 7.10. The topological polar surface area (TPSA) is 27.1 Å². The number of nitrogens with zero attached hydrogens (tertiary/aromatic N) is 1. The van der Waals surface area contributed by atoms with Crippen LogP contribution in [-0.2, 0) is 6.54 Å². The van der Waals surface area contributed by atoms with Crippen LogP contribution < -0.4 is 0 Å². The number of thiophene rings is 1. The predicted octanol–water partition coefficient (Wildman–Crippen LogP) is 4.43. The number of hydrogen-bond donors (Lipinski definition) is 1. The maximum absolute atomic E-state index is 8.43. The van der Waals surface area contributed by atoms with Gasteiger partial charge in [-0.15, -0.1) is 11.3 Å². The molecule has 2 aromatic rings. The monoisotopic (exact) mass is 270 g/mol. The Kier molecular flexibility index (Phi) is 3.38. The van der Waals surface area contributed by atoms with E-state index in [4.69, 9.17) is 5.41 Å². The highest BCUT2D eigenvalue weighted by atomic mass is 32.1. The first kappa shape index (κ1) is 12.4. The van der Waals surface area contributed by atoms with E-state index in [0.717, 1.165) is 24.9 Å². The molecule has 0 fully saturated rings. The molecule has 0 aliphatic carbocycles. The zero-order chi connectivity index (χ0) is 13.2. The van der Waals surface area contributed by atoms with Crippen LogP contribution in [-0.4, -0.2) is 10.7 Å². The van der Waals surface area contributed by atoms with Crippen molar-refractivity contribution in [3.05, 3.63) is 57.8 Å². The second-order valence-electron chi connectivity index (χ2n) is 4.95. The molecule has 1 unspecified atom stereocenters. The Morgan fingerprint density at radius 2 is 2.11 bits per heavy atom. The third kappa shape index (κ3) is 2.19. The number of hydrogen-bond acceptors (Lipinski definition) is 2. The summed E-state index contributed by atoms with van der Waals surface area (Å²) in [5, 5.41) is 10.6. The standard InChI is InChI=1S/C16H18N2S/c1-2-6-14(15-9-5-10-19-15)18-11-12-7-3-4-8-13(12)16(18)17/h3-5,7-10,14,17H,2,6,11H2,1H3. The van der Waals surface area contributed by atoms with E-state index in [1.54, 1.807) is 11.3 Å². The zero-order valence-electron chi connectivity index (χ0n) is 11.1. The van der Waals surface area contributed by atoms with Gasteiger partial charge in [0.15, 0.2) is 0 Å². The Hall–Kier alpha value is -1.61. The molecule has 0 saturated heterocycles. The van der Waals surface area contributed by atoms with Crippen LogP contribution in [0.5, 0.6) is 0 Å². The van der Waals surface area contributed by atoms with Crippen molar-refractivity contribution < 1.29 is 0 Å². The van der Waals surface area contributed by atoms with E-state index in [0.29, 0.717) is 11.9 Å². The van der Waals surface area contributed by atoms with E-state index in [-0.39, 0.29) is 0 Å². The molecule has 2 nitrogen and oxygen atoms in total. The first-order valence-electron chi connectivity index (χ1n) is 6.78. The molecule has 1 aromatic carbocycles. The third-order valence-electron chi connectivity index (χ3n) is 3.71. The number of fused-ring (bicyclic) bond motifs is 1. The van der Waals surface area contributed by atoms with Crippen molar-refractivity contribution in [2.45, 2.75) is 32.4 Å². The Bertz CT molecular complexity index is 574. The molecule has 1 aromatic heterocycles. The van der Waals surface area contributed by atoms with E-state index >= 15 is 0 Å². The van der Waals surface area contributed by atoms with Crippen LogP contribution in [0.15, 0.2) is 41.8 Å². The first-order valence-corrected chi connectivity index (χ1v) is 7.66. The molecule has 2 heterocycles. The van der Waals surface area contributed by atoms with Crippen molar-refractivity contribution in [2.24, 2.45) is 0 Å². The van der Waals surface area contributed by atoms with Crippen LogP contribution in [0.3, 0.4) is 0 Å². The molecular formula is C16H18N2S. The van der Waals surface area contributed by atoms with Gasteiger partial charge in [-0.2, -0.15) is 0 Å². The highest BCUT2D eigenvalue weighted by Gasteiger charge is 2.30. The molecule has 1 aliphatic rings. The molecule has 0 radical (unpaired) electrons. The van der Waals surface area contributed by atoms with Crippen LogP contribution in [0.4, 0.5) is 0 Å². The van der Waals surface area contributed by atoms with Gasteiger partial charge in [0.1, 0.15) is 5.84 Å². The van der Waals surface area contributed by atoms with Crippen molar-refractivity contribution in [3.63, 3.8) is 0 Å². The fourth-order valence-electron chi connectivity index (χ4n) is 2.78. The van der Waals surface area contributed by atoms with E-state index in [1.165, 1.54) is 10.4 Å². The van der Waals surface area contributed by atoms with Crippen LogP contribution in [0.2, 0.25) is 0 Å². The van der Waals surface area contributed by atoms with Gasteiger partial charge in [0.25, 0.3) is 0 Å². The predicted molar refractivity (Wildman–Crippen MR) is 80.8 cm³/mol. The zero-order valence-corrected chi connectivity index (χ0v) is 11.9. The summed E-state index contributed by atoms with van der Waals surface area (Å²) >= 11 is 1.80. The lowest BCUT2D eigenvalue weighted by Crippen LogP contribution is -2.28. The normalized spacial score (nSPS) is 15.6. The van der Waals surface area contributed by atoms with E-state index in [2.05, 4.69) is 47.5 Å². The Morgan fingerprint density at radius 3 is 2.79 bits per heavy atom. The van der Waals surface area contributed by atoms with Gasteiger partial charge in [-0.3, -0.25) is 5.41 Å². The summed E-state index contributed by atoms with van der Waals surface area (Å²) < 4.78 is 0. The quantitative estimate of drug-likeness (QED) is 0.874. The van der Waals surface area contributed by atoms with E-state index in [9.17, 15) is 0 Å². The van der Waals surface area contributed by atoms with E-state index < -0.39 is 0 Å². The summed E-state index contributed by atoms with van der Waals surface area (Å²) in [6, 6.07) is 12.9. The molecule has 3 heteroatoms. The third-order valence-corrected chi connectivity index (χ3v) is 4.68. The van der Waals surface area contributed by atoms with Gasteiger partial charge in [0.2, 0.25) is 0 Å². The number of benzene rings is 1. The molecule has 19 heavy (non-hydrogen) atoms. The van der Waals surface area contributed by atoms with Crippen molar-refractivity contribution in [2.75, 3.05) is 0 Å². The van der Waals surface area contributed by atoms with Crippen LogP contribution >= 0.6 is 11.3 Å². The number of nitrogens with one attached hydrogen (secondary N) is 1. The Morgan fingerprint density at radius 1 is 1.26 bits per heavy atom. The molecular weight excluding hydrogens is 252 g/mol. The largest absolute Gasteiger partial charge is 0.344 e. The van der Waals surface area contributed by atoms with Crippen LogP contribution in [0.25, 0.3) is 0 Å². The summed E-state index contributed by atoms with van der Waals surface area (Å²) in [5.41, 5.74) is 2.38. The van der Waals surface area contributed by atoms with Crippen molar-refractivity contribution in [1.29, 1.82) is 5.41 Å². The lowest BCUT2D eigenvalue weighted by Gasteiger charge is -2.28. The minimum atomic E-state index is 0.352. The average molecular weight is 270 g/mol. The molecule has 3 rings (SSSR count). The lowest BCUT2D eigenvalue weighted by atomic mass is 10.1. The molecule has 0 saturated carbocycles. The van der Waals surface area contributed by atoms with Gasteiger partial charge in [-0.05, 0) is 23.4 Å². The van der Waals surface area contributed by atoms with Gasteiger partial charge in [0, 0.05) is 17.0 Å². The summed E-state index contributed by atoms with van der Waals surface area (Å²) in [6.07, 6.45) is 2.25. The maximum atomic E-state index is 8.43. The molecule has 0 amide bonds. The fourth-order valence-corrected chi connectivity index (χ4v) is 3.65. The molecule has 1 atom stereocenters. The van der Waals surface area contributed by atoms with Gasteiger partial charge >= 0.3 is 0 Å². The highest BCUT2D eigenvalue weighted by Crippen LogP contribution is 2.35. The molecule has 0 bridgehead atoms. The average Bonchev–Trinajstić information content (AvgIpc) is 3.05. The number of rotatable bonds is 4. The first-order chi connectivity index (χ1) is 9.31. The molecule has 1 N–H and O–H groups in total. The maximum Gasteiger partial charge on any atom is 0.129 e. The van der Waals surface area contributed by atoms with Gasteiger partial charge in [0.05, 0.1) is 6.04 Å². The van der Waals surface area contributed by atoms with Gasteiger partial charge in [-0.25, -0.2) is 0 Å². The molecule has 0 spiro atoms. The molecule has 98 valence electrons.